The number of carbonyl (C=O) groups is 2. The van der Waals surface area contributed by atoms with Crippen LogP contribution in [0.3, 0.4) is 0 Å². The highest BCUT2D eigenvalue weighted by atomic mass is 32.1. The van der Waals surface area contributed by atoms with Gasteiger partial charge in [0.15, 0.2) is 0 Å². The standard InChI is InChI=1S/C28H36N4O2S/c33-27-24-18-9-10-19(15-18)25(24)28(34)32(27)17-21-6-2-1-5-20(21)16-30-11-13-31(14-12-30)26-22-7-3-4-8-23(22)35-29-26/h3-4,7-8,18-21,24-25H,1-2,5-6,9-17H2/t18-,19?,20-,21?,24+,25-/m1/s1. The minimum absolute atomic E-state index is 0.0261. The molecular weight excluding hydrogens is 456 g/mol. The fourth-order valence-corrected chi connectivity index (χ4v) is 9.02. The van der Waals surface area contributed by atoms with E-state index in [0.29, 0.717) is 30.2 Å². The van der Waals surface area contributed by atoms with Gasteiger partial charge in [0.05, 0.1) is 16.5 Å². The Labute approximate surface area is 211 Å². The number of nitrogens with zero attached hydrogens (tertiary/aromatic N) is 4. The van der Waals surface area contributed by atoms with Gasteiger partial charge in [-0.1, -0.05) is 25.0 Å². The van der Waals surface area contributed by atoms with Gasteiger partial charge in [-0.05, 0) is 79.4 Å². The normalized spacial score (nSPS) is 35.4. The third-order valence-corrected chi connectivity index (χ3v) is 10.8. The summed E-state index contributed by atoms with van der Waals surface area (Å²) in [5, 5.41) is 1.27. The summed E-state index contributed by atoms with van der Waals surface area (Å²) in [6.07, 6.45) is 8.35. The Balaban J connectivity index is 0.986. The molecule has 2 aliphatic heterocycles. The molecule has 6 atom stereocenters. The predicted octanol–water partition coefficient (Wildman–Crippen LogP) is 4.26. The third kappa shape index (κ3) is 3.72. The number of benzene rings is 1. The second-order valence-electron chi connectivity index (χ2n) is 11.8. The molecule has 3 aliphatic carbocycles. The van der Waals surface area contributed by atoms with Gasteiger partial charge < -0.3 is 4.90 Å². The zero-order valence-electron chi connectivity index (χ0n) is 20.5. The van der Waals surface area contributed by atoms with Gasteiger partial charge in [-0.2, -0.15) is 4.37 Å². The van der Waals surface area contributed by atoms with E-state index in [0.717, 1.165) is 64.2 Å². The highest BCUT2D eigenvalue weighted by molar-refractivity contribution is 7.13. The number of imide groups is 1. The molecule has 7 rings (SSSR count). The number of amides is 2. The summed E-state index contributed by atoms with van der Waals surface area (Å²) in [5.41, 5.74) is 0. The molecule has 5 fully saturated rings. The van der Waals surface area contributed by atoms with Crippen LogP contribution >= 0.6 is 11.5 Å². The number of likely N-dealkylation sites (tertiary alicyclic amines) is 1. The molecule has 2 unspecified atom stereocenters. The Morgan fingerprint density at radius 3 is 2.20 bits per heavy atom. The smallest absolute Gasteiger partial charge is 0.233 e. The predicted molar refractivity (Wildman–Crippen MR) is 138 cm³/mol. The number of rotatable bonds is 5. The molecule has 5 aliphatic rings. The maximum absolute atomic E-state index is 13.3. The lowest BCUT2D eigenvalue weighted by molar-refractivity contribution is -0.142. The van der Waals surface area contributed by atoms with Gasteiger partial charge in [0.2, 0.25) is 11.8 Å². The number of anilines is 1. The Bertz CT molecular complexity index is 1100. The quantitative estimate of drug-likeness (QED) is 0.584. The largest absolute Gasteiger partial charge is 0.353 e. The monoisotopic (exact) mass is 492 g/mol. The van der Waals surface area contributed by atoms with Gasteiger partial charge in [-0.25, -0.2) is 0 Å². The van der Waals surface area contributed by atoms with Crippen LogP contribution in [0.5, 0.6) is 0 Å². The van der Waals surface area contributed by atoms with Crippen LogP contribution < -0.4 is 4.90 Å². The number of piperazine rings is 1. The van der Waals surface area contributed by atoms with Gasteiger partial charge in [-0.15, -0.1) is 0 Å². The Morgan fingerprint density at radius 1 is 0.829 bits per heavy atom. The second-order valence-corrected chi connectivity index (χ2v) is 12.6. The van der Waals surface area contributed by atoms with E-state index < -0.39 is 0 Å². The molecule has 0 N–H and O–H groups in total. The first-order valence-corrected chi connectivity index (χ1v) is 14.6. The highest BCUT2D eigenvalue weighted by Gasteiger charge is 2.61. The summed E-state index contributed by atoms with van der Waals surface area (Å²) in [5.74, 6) is 3.59. The van der Waals surface area contributed by atoms with Crippen LogP contribution in [0.1, 0.15) is 44.9 Å². The van der Waals surface area contributed by atoms with Crippen molar-refractivity contribution in [3.63, 3.8) is 0 Å². The lowest BCUT2D eigenvalue weighted by Crippen LogP contribution is -2.49. The zero-order valence-corrected chi connectivity index (χ0v) is 21.3. The van der Waals surface area contributed by atoms with E-state index in [1.54, 1.807) is 16.4 Å². The first-order valence-electron chi connectivity index (χ1n) is 13.8. The van der Waals surface area contributed by atoms with E-state index in [9.17, 15) is 9.59 Å². The molecule has 0 spiro atoms. The number of hydrogen-bond acceptors (Lipinski definition) is 6. The van der Waals surface area contributed by atoms with Gasteiger partial charge in [-0.3, -0.25) is 19.4 Å². The maximum atomic E-state index is 13.3. The first-order chi connectivity index (χ1) is 17.2. The van der Waals surface area contributed by atoms with Crippen molar-refractivity contribution >= 4 is 39.3 Å². The molecule has 2 amide bonds. The summed E-state index contributed by atoms with van der Waals surface area (Å²) >= 11 is 1.60. The van der Waals surface area contributed by atoms with Crippen molar-refractivity contribution in [2.45, 2.75) is 44.9 Å². The van der Waals surface area contributed by atoms with Crippen molar-refractivity contribution in [2.75, 3.05) is 44.2 Å². The van der Waals surface area contributed by atoms with E-state index >= 15 is 0 Å². The summed E-state index contributed by atoms with van der Waals surface area (Å²) in [4.78, 5) is 33.4. The topological polar surface area (TPSA) is 56.8 Å². The highest BCUT2D eigenvalue weighted by Crippen LogP contribution is 2.56. The fourth-order valence-electron chi connectivity index (χ4n) is 8.22. The van der Waals surface area contributed by atoms with Crippen molar-refractivity contribution in [1.29, 1.82) is 0 Å². The average Bonchev–Trinajstić information content (AvgIpc) is 3.66. The van der Waals surface area contributed by atoms with Crippen molar-refractivity contribution in [3.8, 4) is 0 Å². The van der Waals surface area contributed by atoms with Crippen LogP contribution in [0.25, 0.3) is 10.1 Å². The van der Waals surface area contributed by atoms with E-state index in [1.165, 1.54) is 29.3 Å². The summed E-state index contributed by atoms with van der Waals surface area (Å²) in [7, 11) is 0. The lowest BCUT2D eigenvalue weighted by atomic mass is 9.78. The van der Waals surface area contributed by atoms with Crippen LogP contribution in [0.2, 0.25) is 0 Å². The second kappa shape index (κ2) is 8.84. The van der Waals surface area contributed by atoms with Crippen molar-refractivity contribution in [1.82, 2.24) is 14.2 Å². The molecule has 2 aromatic rings. The van der Waals surface area contributed by atoms with Crippen molar-refractivity contribution in [3.05, 3.63) is 24.3 Å². The first kappa shape index (κ1) is 22.2. The molecule has 2 bridgehead atoms. The maximum Gasteiger partial charge on any atom is 0.233 e. The minimum Gasteiger partial charge on any atom is -0.353 e. The van der Waals surface area contributed by atoms with E-state index in [1.807, 2.05) is 0 Å². The Hall–Kier alpha value is -1.99. The average molecular weight is 493 g/mol. The van der Waals surface area contributed by atoms with Gasteiger partial charge >= 0.3 is 0 Å². The van der Waals surface area contributed by atoms with Crippen LogP contribution in [-0.2, 0) is 9.59 Å². The molecule has 1 aromatic heterocycles. The van der Waals surface area contributed by atoms with Crippen LogP contribution in [0.15, 0.2) is 24.3 Å². The molecule has 6 nitrogen and oxygen atoms in total. The van der Waals surface area contributed by atoms with Crippen LogP contribution in [0.4, 0.5) is 5.82 Å². The molecule has 0 radical (unpaired) electrons. The SMILES string of the molecule is O=C1[C@H]2[C@@H]3CCC(C3)[C@H]2C(=O)N1CC1CCCC[C@@H]1CN1CCN(c2nsc3ccccc23)CC1. The summed E-state index contributed by atoms with van der Waals surface area (Å²) < 4.78 is 6.02. The van der Waals surface area contributed by atoms with Crippen LogP contribution in [0, 0.1) is 35.5 Å². The molecule has 1 aromatic carbocycles. The van der Waals surface area contributed by atoms with Crippen molar-refractivity contribution in [2.24, 2.45) is 35.5 Å². The summed E-state index contributed by atoms with van der Waals surface area (Å²) in [6.45, 7) is 5.93. The molecule has 3 saturated carbocycles. The lowest BCUT2D eigenvalue weighted by Gasteiger charge is -2.40. The van der Waals surface area contributed by atoms with E-state index in [4.69, 9.17) is 4.37 Å². The van der Waals surface area contributed by atoms with Gasteiger partial charge in [0.1, 0.15) is 5.82 Å². The Kier molecular flexibility index (Phi) is 5.61. The summed E-state index contributed by atoms with van der Waals surface area (Å²) in [6, 6.07) is 8.54. The fraction of sp³-hybridized carbons (Fsp3) is 0.679. The molecular formula is C28H36N4O2S. The van der Waals surface area contributed by atoms with E-state index in [-0.39, 0.29) is 23.7 Å². The zero-order chi connectivity index (χ0) is 23.5. The van der Waals surface area contributed by atoms with Gasteiger partial charge in [0, 0.05) is 44.7 Å². The number of carbonyl (C=O) groups excluding carboxylic acids is 2. The Morgan fingerprint density at radius 2 is 1.49 bits per heavy atom. The number of fused-ring (bicyclic) bond motifs is 6. The minimum atomic E-state index is 0.0261. The molecule has 3 heterocycles. The molecule has 35 heavy (non-hydrogen) atoms. The van der Waals surface area contributed by atoms with Crippen LogP contribution in [-0.4, -0.2) is 65.3 Å². The van der Waals surface area contributed by atoms with Gasteiger partial charge in [0.25, 0.3) is 0 Å². The molecule has 7 heteroatoms. The third-order valence-electron chi connectivity index (χ3n) is 10.0. The number of hydrogen-bond donors (Lipinski definition) is 0. The molecule has 2 saturated heterocycles. The van der Waals surface area contributed by atoms with Crippen molar-refractivity contribution < 1.29 is 9.59 Å². The molecule has 186 valence electrons. The number of aromatic nitrogens is 1. The van der Waals surface area contributed by atoms with E-state index in [2.05, 4.69) is 34.1 Å².